The van der Waals surface area contributed by atoms with Crippen LogP contribution >= 0.6 is 0 Å². The summed E-state index contributed by atoms with van der Waals surface area (Å²) in [7, 11) is 0. The number of hydrogen-bond acceptors (Lipinski definition) is 2. The third-order valence-corrected chi connectivity index (χ3v) is 6.37. The molecule has 0 saturated carbocycles. The fraction of sp³-hybridized carbons (Fsp3) is 0.152. The molecule has 0 saturated heterocycles. The second-order valence-corrected chi connectivity index (χ2v) is 9.80. The van der Waals surface area contributed by atoms with Crippen LogP contribution in [-0.2, 0) is 12.5 Å². The van der Waals surface area contributed by atoms with E-state index < -0.39 is 98.3 Å². The molecule has 0 N–H and O–H groups in total. The average molecular weight is 692 g/mol. The first-order valence-corrected chi connectivity index (χ1v) is 13.3. The van der Waals surface area contributed by atoms with Crippen LogP contribution in [0.5, 0.6) is 11.5 Å². The minimum atomic E-state index is -5.48. The van der Waals surface area contributed by atoms with Gasteiger partial charge in [-0.2, -0.15) is 8.78 Å². The van der Waals surface area contributed by atoms with Crippen molar-refractivity contribution in [1.82, 2.24) is 0 Å². The summed E-state index contributed by atoms with van der Waals surface area (Å²) in [6.07, 6.45) is -6.35. The first kappa shape index (κ1) is 35.7. The molecule has 0 aliphatic rings. The number of hydrogen-bond donors (Lipinski definition) is 0. The SMILES string of the molecule is C/C=C/CCc1cc(F)c(C(F)(F)Oc2cc(F)c(C#Cc3cc(F)c(-c4cc(F)c(OC(F)(F)F)c(F)c4)c(F)c3)c(F)c2)c(F)c1. The van der Waals surface area contributed by atoms with Crippen molar-refractivity contribution in [3.05, 3.63) is 129 Å². The van der Waals surface area contributed by atoms with Gasteiger partial charge in [-0.1, -0.05) is 24.0 Å². The Morgan fingerprint density at radius 2 is 1.17 bits per heavy atom. The molecule has 0 aliphatic carbocycles. The summed E-state index contributed by atoms with van der Waals surface area (Å²) < 4.78 is 190. The van der Waals surface area contributed by atoms with Gasteiger partial charge in [0.25, 0.3) is 0 Å². The van der Waals surface area contributed by atoms with E-state index in [1.165, 1.54) is 0 Å². The lowest BCUT2D eigenvalue weighted by atomic mass is 10.0. The molecule has 0 atom stereocenters. The Kier molecular flexibility index (Phi) is 10.4. The zero-order valence-corrected chi connectivity index (χ0v) is 23.9. The average Bonchev–Trinajstić information content (AvgIpc) is 2.93. The Morgan fingerprint density at radius 3 is 1.67 bits per heavy atom. The highest BCUT2D eigenvalue weighted by molar-refractivity contribution is 5.67. The van der Waals surface area contributed by atoms with Crippen molar-refractivity contribution < 1.29 is 66.5 Å². The molecule has 15 heteroatoms. The van der Waals surface area contributed by atoms with Crippen LogP contribution in [0.3, 0.4) is 0 Å². The second-order valence-electron chi connectivity index (χ2n) is 9.80. The molecule has 0 bridgehead atoms. The Balaban J connectivity index is 1.59. The van der Waals surface area contributed by atoms with Crippen molar-refractivity contribution in [2.75, 3.05) is 0 Å². The van der Waals surface area contributed by atoms with Gasteiger partial charge in [0.1, 0.15) is 46.2 Å². The predicted molar refractivity (Wildman–Crippen MR) is 145 cm³/mol. The largest absolute Gasteiger partial charge is 0.573 e. The molecule has 48 heavy (non-hydrogen) atoms. The third kappa shape index (κ3) is 8.23. The summed E-state index contributed by atoms with van der Waals surface area (Å²) in [5.74, 6) is -12.8. The summed E-state index contributed by atoms with van der Waals surface area (Å²) in [6.45, 7) is 1.71. The van der Waals surface area contributed by atoms with Crippen LogP contribution in [0.25, 0.3) is 11.1 Å². The molecule has 4 aromatic carbocycles. The minimum absolute atomic E-state index is 0.0634. The summed E-state index contributed by atoms with van der Waals surface area (Å²) >= 11 is 0. The van der Waals surface area contributed by atoms with Crippen molar-refractivity contribution in [2.45, 2.75) is 32.2 Å². The smallest absolute Gasteiger partial charge is 0.429 e. The van der Waals surface area contributed by atoms with E-state index in [-0.39, 0.29) is 36.2 Å². The van der Waals surface area contributed by atoms with Gasteiger partial charge in [0.05, 0.1) is 11.1 Å². The van der Waals surface area contributed by atoms with E-state index in [0.29, 0.717) is 30.7 Å². The zero-order chi connectivity index (χ0) is 35.6. The van der Waals surface area contributed by atoms with Crippen molar-refractivity contribution in [3.63, 3.8) is 0 Å². The van der Waals surface area contributed by atoms with Gasteiger partial charge >= 0.3 is 12.5 Å². The van der Waals surface area contributed by atoms with Crippen molar-refractivity contribution in [2.24, 2.45) is 0 Å². The Morgan fingerprint density at radius 1 is 0.625 bits per heavy atom. The molecule has 0 radical (unpaired) electrons. The molecule has 4 rings (SSSR count). The van der Waals surface area contributed by atoms with Crippen LogP contribution in [-0.4, -0.2) is 6.36 Å². The van der Waals surface area contributed by atoms with Gasteiger partial charge in [-0.25, -0.2) is 35.1 Å². The van der Waals surface area contributed by atoms with E-state index >= 15 is 0 Å². The monoisotopic (exact) mass is 692 g/mol. The first-order valence-electron chi connectivity index (χ1n) is 13.3. The van der Waals surface area contributed by atoms with E-state index in [1.807, 2.05) is 11.8 Å². The topological polar surface area (TPSA) is 18.5 Å². The Labute approximate surface area is 263 Å². The third-order valence-electron chi connectivity index (χ3n) is 6.37. The number of halogens is 13. The number of benzene rings is 4. The normalized spacial score (nSPS) is 11.9. The maximum atomic E-state index is 14.8. The van der Waals surface area contributed by atoms with E-state index in [0.717, 1.165) is 0 Å². The van der Waals surface area contributed by atoms with Crippen LogP contribution in [0.1, 0.15) is 35.6 Å². The summed E-state index contributed by atoms with van der Waals surface area (Å²) in [4.78, 5) is 0. The van der Waals surface area contributed by atoms with Gasteiger partial charge in [0, 0.05) is 17.7 Å². The van der Waals surface area contributed by atoms with Gasteiger partial charge in [-0.15, -0.1) is 13.2 Å². The summed E-state index contributed by atoms with van der Waals surface area (Å²) in [5, 5.41) is 0. The molecule has 4 aromatic rings. The minimum Gasteiger partial charge on any atom is -0.429 e. The summed E-state index contributed by atoms with van der Waals surface area (Å²) in [5.41, 5.74) is -5.44. The summed E-state index contributed by atoms with van der Waals surface area (Å²) in [6, 6.07) is 3.00. The molecular weight excluding hydrogens is 675 g/mol. The quantitative estimate of drug-likeness (QED) is 0.104. The van der Waals surface area contributed by atoms with Crippen LogP contribution in [0.15, 0.2) is 60.7 Å². The predicted octanol–water partition coefficient (Wildman–Crippen LogP) is 10.4. The van der Waals surface area contributed by atoms with E-state index in [1.54, 1.807) is 19.1 Å². The maximum Gasteiger partial charge on any atom is 0.573 e. The zero-order valence-electron chi connectivity index (χ0n) is 23.9. The fourth-order valence-corrected chi connectivity index (χ4v) is 4.37. The number of alkyl halides is 5. The highest BCUT2D eigenvalue weighted by atomic mass is 19.4. The fourth-order valence-electron chi connectivity index (χ4n) is 4.37. The molecule has 0 unspecified atom stereocenters. The lowest BCUT2D eigenvalue weighted by molar-refractivity contribution is -0.276. The first-order chi connectivity index (χ1) is 22.4. The Hall–Kier alpha value is -5.13. The lowest BCUT2D eigenvalue weighted by Crippen LogP contribution is -2.25. The number of rotatable bonds is 8. The highest BCUT2D eigenvalue weighted by Gasteiger charge is 2.41. The van der Waals surface area contributed by atoms with E-state index in [9.17, 15) is 57.1 Å². The number of ether oxygens (including phenoxy) is 2. The molecule has 252 valence electrons. The Bertz CT molecular complexity index is 1860. The van der Waals surface area contributed by atoms with Crippen LogP contribution in [0, 0.1) is 58.4 Å². The molecule has 0 aliphatic heterocycles. The van der Waals surface area contributed by atoms with Gasteiger partial charge in [-0.3, -0.25) is 0 Å². The van der Waals surface area contributed by atoms with Gasteiger partial charge < -0.3 is 9.47 Å². The van der Waals surface area contributed by atoms with Gasteiger partial charge in [0.15, 0.2) is 11.6 Å². The molecule has 2 nitrogen and oxygen atoms in total. The van der Waals surface area contributed by atoms with E-state index in [2.05, 4.69) is 9.47 Å². The molecule has 0 fully saturated rings. The molecule has 0 spiro atoms. The van der Waals surface area contributed by atoms with Crippen molar-refractivity contribution in [1.29, 1.82) is 0 Å². The van der Waals surface area contributed by atoms with Crippen LogP contribution in [0.4, 0.5) is 57.1 Å². The highest BCUT2D eigenvalue weighted by Crippen LogP contribution is 2.37. The molecule has 0 amide bonds. The van der Waals surface area contributed by atoms with Gasteiger partial charge in [-0.05, 0) is 67.3 Å². The standard InChI is InChI=1S/C33H17F13O2/c1-2-3-4-5-16-10-25(38)30(26(39)11-16)32(42,43)47-19-14-21(34)20(22(35)15-19)7-6-17-8-23(36)29(24(37)9-17)18-12-27(40)31(28(41)13-18)48-33(44,45)46/h2-3,8-15H,4-5H2,1H3/b3-2+. The van der Waals surface area contributed by atoms with Crippen LogP contribution in [0.2, 0.25) is 0 Å². The molecule has 0 aromatic heterocycles. The second kappa shape index (κ2) is 13.9. The van der Waals surface area contributed by atoms with Crippen LogP contribution < -0.4 is 9.47 Å². The number of aryl methyl sites for hydroxylation is 1. The maximum absolute atomic E-state index is 14.8. The molecule has 0 heterocycles. The van der Waals surface area contributed by atoms with Crippen molar-refractivity contribution >= 4 is 0 Å². The van der Waals surface area contributed by atoms with Crippen molar-refractivity contribution in [3.8, 4) is 34.5 Å². The van der Waals surface area contributed by atoms with Gasteiger partial charge in [0.2, 0.25) is 5.75 Å². The molecular formula is C33H17F13O2. The number of allylic oxidation sites excluding steroid dienone is 2. The lowest BCUT2D eigenvalue weighted by Gasteiger charge is -2.20. The van der Waals surface area contributed by atoms with E-state index in [4.69, 9.17) is 0 Å².